The number of benzene rings is 3. The van der Waals surface area contributed by atoms with Crippen molar-refractivity contribution in [3.05, 3.63) is 107 Å². The van der Waals surface area contributed by atoms with Crippen molar-refractivity contribution in [3.8, 4) is 16.9 Å². The molecule has 1 fully saturated rings. The van der Waals surface area contributed by atoms with Crippen LogP contribution in [-0.4, -0.2) is 6.61 Å². The molecule has 1 nitrogen and oxygen atoms in total. The molecular formula is C30H28F4O. The first kappa shape index (κ1) is 24.8. The molecule has 1 aliphatic rings. The van der Waals surface area contributed by atoms with Crippen molar-refractivity contribution in [2.45, 2.75) is 38.5 Å². The largest absolute Gasteiger partial charge is 0.486 e. The Morgan fingerprint density at radius 3 is 2.23 bits per heavy atom. The fraction of sp³-hybridized carbons (Fsp3) is 0.267. The fourth-order valence-corrected chi connectivity index (χ4v) is 4.63. The highest BCUT2D eigenvalue weighted by Gasteiger charge is 2.26. The van der Waals surface area contributed by atoms with Crippen LogP contribution in [0.4, 0.5) is 17.6 Å². The van der Waals surface area contributed by atoms with Crippen LogP contribution in [0.1, 0.15) is 48.3 Å². The quantitative estimate of drug-likeness (QED) is 0.243. The molecule has 0 heterocycles. The molecule has 5 heteroatoms. The number of allylic oxidation sites excluding steroid dienone is 1. The SMILES string of the molecule is C=CCOc1ccc(/C=C/C2CCC(c3ccc(-c4ccc(C)cc4)c(F)c3F)CC2)c(F)c1F. The Morgan fingerprint density at radius 2 is 1.54 bits per heavy atom. The molecular weight excluding hydrogens is 452 g/mol. The molecule has 0 N–H and O–H groups in total. The van der Waals surface area contributed by atoms with Gasteiger partial charge in [0.1, 0.15) is 6.61 Å². The summed E-state index contributed by atoms with van der Waals surface area (Å²) in [5.41, 5.74) is 2.52. The zero-order valence-corrected chi connectivity index (χ0v) is 19.7. The monoisotopic (exact) mass is 480 g/mol. The molecule has 0 aliphatic heterocycles. The minimum Gasteiger partial charge on any atom is -0.486 e. The molecule has 1 saturated carbocycles. The van der Waals surface area contributed by atoms with Crippen molar-refractivity contribution < 1.29 is 22.3 Å². The predicted molar refractivity (Wildman–Crippen MR) is 132 cm³/mol. The Balaban J connectivity index is 1.41. The van der Waals surface area contributed by atoms with Gasteiger partial charge in [0.2, 0.25) is 5.82 Å². The van der Waals surface area contributed by atoms with Crippen LogP contribution >= 0.6 is 0 Å². The molecule has 35 heavy (non-hydrogen) atoms. The molecule has 0 radical (unpaired) electrons. The third-order valence-electron chi connectivity index (χ3n) is 6.67. The van der Waals surface area contributed by atoms with E-state index in [9.17, 15) is 17.6 Å². The lowest BCUT2D eigenvalue weighted by Crippen LogP contribution is -2.13. The lowest BCUT2D eigenvalue weighted by atomic mass is 9.78. The Morgan fingerprint density at radius 1 is 0.829 bits per heavy atom. The van der Waals surface area contributed by atoms with Crippen LogP contribution in [0.15, 0.2) is 67.3 Å². The van der Waals surface area contributed by atoms with Crippen molar-refractivity contribution in [3.63, 3.8) is 0 Å². The molecule has 0 atom stereocenters. The van der Waals surface area contributed by atoms with Gasteiger partial charge in [-0.25, -0.2) is 13.2 Å². The average molecular weight is 481 g/mol. The molecule has 0 spiro atoms. The van der Waals surface area contributed by atoms with Gasteiger partial charge in [-0.2, -0.15) is 4.39 Å². The van der Waals surface area contributed by atoms with Crippen LogP contribution < -0.4 is 4.74 Å². The molecule has 4 rings (SSSR count). The van der Waals surface area contributed by atoms with E-state index in [4.69, 9.17) is 4.74 Å². The van der Waals surface area contributed by atoms with Gasteiger partial charge in [-0.1, -0.05) is 66.8 Å². The third-order valence-corrected chi connectivity index (χ3v) is 6.67. The van der Waals surface area contributed by atoms with Gasteiger partial charge in [-0.3, -0.25) is 0 Å². The number of halogens is 4. The van der Waals surface area contributed by atoms with Crippen LogP contribution in [0.2, 0.25) is 0 Å². The molecule has 0 bridgehead atoms. The van der Waals surface area contributed by atoms with Crippen molar-refractivity contribution in [2.75, 3.05) is 6.61 Å². The van der Waals surface area contributed by atoms with Crippen LogP contribution in [0.25, 0.3) is 17.2 Å². The maximum atomic E-state index is 15.0. The topological polar surface area (TPSA) is 9.23 Å². The lowest BCUT2D eigenvalue weighted by molar-refractivity contribution is 0.332. The highest BCUT2D eigenvalue weighted by molar-refractivity contribution is 5.65. The van der Waals surface area contributed by atoms with E-state index in [1.807, 2.05) is 25.1 Å². The minimum absolute atomic E-state index is 0.0725. The fourth-order valence-electron chi connectivity index (χ4n) is 4.63. The van der Waals surface area contributed by atoms with E-state index in [0.29, 0.717) is 24.0 Å². The van der Waals surface area contributed by atoms with Gasteiger partial charge < -0.3 is 4.74 Å². The Hall–Kier alpha value is -3.34. The third kappa shape index (κ3) is 5.50. The summed E-state index contributed by atoms with van der Waals surface area (Å²) in [6, 6.07) is 13.6. The molecule has 3 aromatic rings. The van der Waals surface area contributed by atoms with Crippen LogP contribution in [0, 0.1) is 36.1 Å². The maximum Gasteiger partial charge on any atom is 0.201 e. The number of rotatable bonds is 7. The zero-order valence-electron chi connectivity index (χ0n) is 19.7. The maximum absolute atomic E-state index is 15.0. The second kappa shape index (κ2) is 10.9. The van der Waals surface area contributed by atoms with Gasteiger partial charge >= 0.3 is 0 Å². The first-order valence-corrected chi connectivity index (χ1v) is 11.8. The number of aryl methyl sites for hydroxylation is 1. The summed E-state index contributed by atoms with van der Waals surface area (Å²) in [4.78, 5) is 0. The summed E-state index contributed by atoms with van der Waals surface area (Å²) in [6.07, 6.45) is 7.81. The van der Waals surface area contributed by atoms with E-state index in [1.165, 1.54) is 18.2 Å². The highest BCUT2D eigenvalue weighted by atomic mass is 19.2. The van der Waals surface area contributed by atoms with E-state index in [-0.39, 0.29) is 35.3 Å². The van der Waals surface area contributed by atoms with E-state index in [2.05, 4.69) is 6.58 Å². The van der Waals surface area contributed by atoms with Gasteiger partial charge in [-0.15, -0.1) is 0 Å². The predicted octanol–water partition coefficient (Wildman–Crippen LogP) is 8.77. The van der Waals surface area contributed by atoms with Crippen molar-refractivity contribution in [1.82, 2.24) is 0 Å². The van der Waals surface area contributed by atoms with Gasteiger partial charge in [0, 0.05) is 11.1 Å². The van der Waals surface area contributed by atoms with Crippen molar-refractivity contribution >= 4 is 6.08 Å². The second-order valence-electron chi connectivity index (χ2n) is 9.05. The van der Waals surface area contributed by atoms with Gasteiger partial charge in [0.15, 0.2) is 23.2 Å². The summed E-state index contributed by atoms with van der Waals surface area (Å²) < 4.78 is 63.5. The smallest absolute Gasteiger partial charge is 0.201 e. The second-order valence-corrected chi connectivity index (χ2v) is 9.05. The van der Waals surface area contributed by atoms with Gasteiger partial charge in [0.05, 0.1) is 0 Å². The average Bonchev–Trinajstić information content (AvgIpc) is 2.87. The number of hydrogen-bond donors (Lipinski definition) is 0. The lowest BCUT2D eigenvalue weighted by Gasteiger charge is -2.27. The Bertz CT molecular complexity index is 1220. The van der Waals surface area contributed by atoms with Crippen LogP contribution in [0.3, 0.4) is 0 Å². The molecule has 1 aliphatic carbocycles. The standard InChI is InChI=1S/C30H28F4O/c1-3-18-35-26-17-14-23(27(31)30(26)34)13-8-20-6-11-22(12-7-20)25-16-15-24(28(32)29(25)33)21-9-4-19(2)5-10-21/h3-5,8-10,13-17,20,22H,1,6-7,11-12,18H2,2H3/b13-8+. The van der Waals surface area contributed by atoms with E-state index in [0.717, 1.165) is 18.4 Å². The number of ether oxygens (including phenoxy) is 1. The molecule has 3 aromatic carbocycles. The first-order chi connectivity index (χ1) is 16.9. The summed E-state index contributed by atoms with van der Waals surface area (Å²) in [5, 5.41) is 0. The van der Waals surface area contributed by atoms with Crippen LogP contribution in [-0.2, 0) is 0 Å². The summed E-state index contributed by atoms with van der Waals surface area (Å²) in [7, 11) is 0. The molecule has 182 valence electrons. The Kier molecular flexibility index (Phi) is 7.74. The summed E-state index contributed by atoms with van der Waals surface area (Å²) in [6.45, 7) is 5.52. The van der Waals surface area contributed by atoms with Crippen LogP contribution in [0.5, 0.6) is 5.75 Å². The molecule has 0 aromatic heterocycles. The number of hydrogen-bond acceptors (Lipinski definition) is 1. The molecule has 0 saturated heterocycles. The zero-order chi connectivity index (χ0) is 24.9. The normalized spacial score (nSPS) is 18.1. The van der Waals surface area contributed by atoms with Gasteiger partial charge in [-0.05, 0) is 67.7 Å². The van der Waals surface area contributed by atoms with E-state index >= 15 is 0 Å². The van der Waals surface area contributed by atoms with E-state index in [1.54, 1.807) is 30.3 Å². The molecule has 0 unspecified atom stereocenters. The highest BCUT2D eigenvalue weighted by Crippen LogP contribution is 2.39. The van der Waals surface area contributed by atoms with Crippen molar-refractivity contribution in [2.24, 2.45) is 5.92 Å². The Labute approximate surface area is 203 Å². The van der Waals surface area contributed by atoms with E-state index < -0.39 is 23.3 Å². The summed E-state index contributed by atoms with van der Waals surface area (Å²) >= 11 is 0. The van der Waals surface area contributed by atoms with Crippen molar-refractivity contribution in [1.29, 1.82) is 0 Å². The summed E-state index contributed by atoms with van der Waals surface area (Å²) in [5.74, 6) is -3.64. The molecule has 0 amide bonds. The van der Waals surface area contributed by atoms with Gasteiger partial charge in [0.25, 0.3) is 0 Å². The first-order valence-electron chi connectivity index (χ1n) is 11.8. The minimum atomic E-state index is -1.02.